The van der Waals surface area contributed by atoms with Gasteiger partial charge in [0.05, 0.1) is 5.69 Å². The number of nitrogens with zero attached hydrogens (tertiary/aromatic N) is 3. The molecule has 0 saturated carbocycles. The molecule has 0 unspecified atom stereocenters. The number of aromatic nitrogens is 2. The maximum atomic E-state index is 6.18. The Balaban J connectivity index is 2.19. The third kappa shape index (κ3) is 2.67. The summed E-state index contributed by atoms with van der Waals surface area (Å²) in [4.78, 5) is 11.1. The molecule has 4 nitrogen and oxygen atoms in total. The topological polar surface area (TPSA) is 55.0 Å². The standard InChI is InChI=1S/C19H26N4/c1-12(2)10-23(5)15-8-6-7-13-14(15)9-19(3,4)16-17(13)21-11-22-18(16)20/h6-8,11-12H,9-10H2,1-5H3,(H2,20,21,22). The van der Waals surface area contributed by atoms with Gasteiger partial charge in [0.25, 0.3) is 0 Å². The van der Waals surface area contributed by atoms with Crippen molar-refractivity contribution in [1.82, 2.24) is 9.97 Å². The molecule has 0 bridgehead atoms. The van der Waals surface area contributed by atoms with Crippen LogP contribution in [-0.2, 0) is 11.8 Å². The van der Waals surface area contributed by atoms with Gasteiger partial charge in [-0.3, -0.25) is 0 Å². The van der Waals surface area contributed by atoms with Crippen LogP contribution in [0, 0.1) is 5.92 Å². The largest absolute Gasteiger partial charge is 0.383 e. The van der Waals surface area contributed by atoms with Crippen LogP contribution in [0.25, 0.3) is 11.3 Å². The average Bonchev–Trinajstić information content (AvgIpc) is 2.45. The maximum absolute atomic E-state index is 6.18. The van der Waals surface area contributed by atoms with E-state index >= 15 is 0 Å². The number of hydrogen-bond donors (Lipinski definition) is 1. The van der Waals surface area contributed by atoms with Crippen LogP contribution in [-0.4, -0.2) is 23.6 Å². The molecule has 0 radical (unpaired) electrons. The minimum Gasteiger partial charge on any atom is -0.383 e. The summed E-state index contributed by atoms with van der Waals surface area (Å²) in [6.07, 6.45) is 2.52. The summed E-state index contributed by atoms with van der Waals surface area (Å²) in [5, 5.41) is 0. The van der Waals surface area contributed by atoms with Crippen molar-refractivity contribution in [3.8, 4) is 11.3 Å². The van der Waals surface area contributed by atoms with Gasteiger partial charge in [-0.1, -0.05) is 39.8 Å². The molecule has 0 spiro atoms. The predicted molar refractivity (Wildman–Crippen MR) is 96.7 cm³/mol. The van der Waals surface area contributed by atoms with Gasteiger partial charge >= 0.3 is 0 Å². The summed E-state index contributed by atoms with van der Waals surface area (Å²) in [6, 6.07) is 6.49. The Morgan fingerprint density at radius 2 is 2.00 bits per heavy atom. The fourth-order valence-corrected chi connectivity index (χ4v) is 3.79. The average molecular weight is 310 g/mol. The second kappa shape index (κ2) is 5.52. The van der Waals surface area contributed by atoms with Crippen LogP contribution in [0.3, 0.4) is 0 Å². The third-order valence-electron chi connectivity index (χ3n) is 4.63. The monoisotopic (exact) mass is 310 g/mol. The number of anilines is 2. The summed E-state index contributed by atoms with van der Waals surface area (Å²) < 4.78 is 0. The molecule has 1 aromatic carbocycles. The van der Waals surface area contributed by atoms with E-state index in [9.17, 15) is 0 Å². The van der Waals surface area contributed by atoms with Crippen molar-refractivity contribution in [1.29, 1.82) is 0 Å². The number of rotatable bonds is 3. The Kier molecular flexibility index (Phi) is 3.78. The van der Waals surface area contributed by atoms with Crippen molar-refractivity contribution in [2.24, 2.45) is 5.92 Å². The van der Waals surface area contributed by atoms with E-state index < -0.39 is 0 Å². The predicted octanol–water partition coefficient (Wildman–Crippen LogP) is 3.65. The van der Waals surface area contributed by atoms with E-state index in [4.69, 9.17) is 5.73 Å². The van der Waals surface area contributed by atoms with Crippen LogP contribution < -0.4 is 10.6 Å². The highest BCUT2D eigenvalue weighted by molar-refractivity contribution is 5.80. The van der Waals surface area contributed by atoms with Crippen LogP contribution >= 0.6 is 0 Å². The summed E-state index contributed by atoms with van der Waals surface area (Å²) in [7, 11) is 2.17. The molecule has 2 N–H and O–H groups in total. The van der Waals surface area contributed by atoms with Gasteiger partial charge in [-0.05, 0) is 29.4 Å². The second-order valence-corrected chi connectivity index (χ2v) is 7.62. The van der Waals surface area contributed by atoms with Crippen molar-refractivity contribution < 1.29 is 0 Å². The molecule has 4 heteroatoms. The van der Waals surface area contributed by atoms with Gasteiger partial charge in [0.1, 0.15) is 12.1 Å². The van der Waals surface area contributed by atoms with E-state index in [0.29, 0.717) is 11.7 Å². The molecule has 0 saturated heterocycles. The Morgan fingerprint density at radius 3 is 2.70 bits per heavy atom. The first-order chi connectivity index (χ1) is 10.8. The van der Waals surface area contributed by atoms with Gasteiger partial charge < -0.3 is 10.6 Å². The molecule has 0 atom stereocenters. The van der Waals surface area contributed by atoms with Crippen molar-refractivity contribution in [3.05, 3.63) is 35.7 Å². The normalized spacial score (nSPS) is 15.2. The Bertz CT molecular complexity index is 734. The zero-order chi connectivity index (χ0) is 16.8. The zero-order valence-corrected chi connectivity index (χ0v) is 14.7. The van der Waals surface area contributed by atoms with Gasteiger partial charge in [-0.15, -0.1) is 0 Å². The quantitative estimate of drug-likeness (QED) is 0.940. The maximum Gasteiger partial charge on any atom is 0.131 e. The summed E-state index contributed by atoms with van der Waals surface area (Å²) >= 11 is 0. The lowest BCUT2D eigenvalue weighted by Crippen LogP contribution is -2.31. The first kappa shape index (κ1) is 15.8. The third-order valence-corrected chi connectivity index (χ3v) is 4.63. The summed E-state index contributed by atoms with van der Waals surface area (Å²) in [6.45, 7) is 10.00. The van der Waals surface area contributed by atoms with Gasteiger partial charge in [0, 0.05) is 30.4 Å². The highest BCUT2D eigenvalue weighted by Gasteiger charge is 2.35. The molecule has 0 amide bonds. The lowest BCUT2D eigenvalue weighted by molar-refractivity contribution is 0.513. The van der Waals surface area contributed by atoms with Crippen molar-refractivity contribution in [3.63, 3.8) is 0 Å². The molecule has 1 aliphatic carbocycles. The fourth-order valence-electron chi connectivity index (χ4n) is 3.79. The fraction of sp³-hybridized carbons (Fsp3) is 0.474. The van der Waals surface area contributed by atoms with E-state index in [1.165, 1.54) is 16.8 Å². The minimum atomic E-state index is -0.0670. The lowest BCUT2D eigenvalue weighted by Gasteiger charge is -2.36. The minimum absolute atomic E-state index is 0.0670. The number of nitrogen functional groups attached to an aromatic ring is 1. The Labute approximate surface area is 138 Å². The summed E-state index contributed by atoms with van der Waals surface area (Å²) in [5.74, 6) is 1.23. The highest BCUT2D eigenvalue weighted by Crippen LogP contribution is 2.46. The molecule has 0 fully saturated rings. The molecular weight excluding hydrogens is 284 g/mol. The second-order valence-electron chi connectivity index (χ2n) is 7.62. The molecule has 1 aliphatic rings. The van der Waals surface area contributed by atoms with Crippen LogP contribution in [0.1, 0.15) is 38.8 Å². The van der Waals surface area contributed by atoms with E-state index in [1.54, 1.807) is 6.33 Å². The zero-order valence-electron chi connectivity index (χ0n) is 14.7. The highest BCUT2D eigenvalue weighted by atomic mass is 15.1. The van der Waals surface area contributed by atoms with E-state index in [2.05, 4.69) is 67.8 Å². The van der Waals surface area contributed by atoms with E-state index in [1.807, 2.05) is 0 Å². The number of benzene rings is 1. The first-order valence-electron chi connectivity index (χ1n) is 8.25. The van der Waals surface area contributed by atoms with Gasteiger partial charge in [0.2, 0.25) is 0 Å². The molecule has 23 heavy (non-hydrogen) atoms. The molecule has 1 aromatic heterocycles. The van der Waals surface area contributed by atoms with Crippen LogP contribution in [0.4, 0.5) is 11.5 Å². The van der Waals surface area contributed by atoms with Gasteiger partial charge in [-0.2, -0.15) is 0 Å². The van der Waals surface area contributed by atoms with Crippen molar-refractivity contribution >= 4 is 11.5 Å². The lowest BCUT2D eigenvalue weighted by atomic mass is 9.71. The SMILES string of the molecule is CC(C)CN(C)c1cccc2c1CC(C)(C)c1c(N)ncnc1-2. The van der Waals surface area contributed by atoms with Crippen molar-refractivity contribution in [2.75, 3.05) is 24.2 Å². The Morgan fingerprint density at radius 1 is 1.26 bits per heavy atom. The van der Waals surface area contributed by atoms with Crippen LogP contribution in [0.2, 0.25) is 0 Å². The van der Waals surface area contributed by atoms with Crippen LogP contribution in [0.5, 0.6) is 0 Å². The number of nitrogens with two attached hydrogens (primary N) is 1. The molecule has 1 heterocycles. The molecule has 0 aliphatic heterocycles. The molecule has 122 valence electrons. The molecular formula is C19H26N4. The van der Waals surface area contributed by atoms with Gasteiger partial charge in [0.15, 0.2) is 0 Å². The van der Waals surface area contributed by atoms with Crippen LogP contribution in [0.15, 0.2) is 24.5 Å². The smallest absolute Gasteiger partial charge is 0.131 e. The summed E-state index contributed by atoms with van der Waals surface area (Å²) in [5.41, 5.74) is 12.0. The van der Waals surface area contributed by atoms with Crippen molar-refractivity contribution in [2.45, 2.75) is 39.5 Å². The van der Waals surface area contributed by atoms with E-state index in [0.717, 1.165) is 24.2 Å². The Hall–Kier alpha value is -2.10. The number of hydrogen-bond acceptors (Lipinski definition) is 4. The number of fused-ring (bicyclic) bond motifs is 3. The molecule has 2 aromatic rings. The first-order valence-corrected chi connectivity index (χ1v) is 8.25. The van der Waals surface area contributed by atoms with Gasteiger partial charge in [-0.25, -0.2) is 9.97 Å². The molecule has 3 rings (SSSR count). The van der Waals surface area contributed by atoms with E-state index in [-0.39, 0.29) is 5.41 Å².